The summed E-state index contributed by atoms with van der Waals surface area (Å²) in [5, 5.41) is 0. The largest absolute Gasteiger partial charge is 0.435 e. The zero-order valence-corrected chi connectivity index (χ0v) is 11.9. The van der Waals surface area contributed by atoms with Crippen LogP contribution in [0.2, 0.25) is 0 Å². The maximum Gasteiger partial charge on any atom is 0.435 e. The van der Waals surface area contributed by atoms with Gasteiger partial charge in [-0.15, -0.1) is 0 Å². The average molecular weight is 446 g/mol. The van der Waals surface area contributed by atoms with E-state index in [1.165, 1.54) is 0 Å². The molecule has 0 spiro atoms. The molecule has 1 aliphatic carbocycles. The Labute approximate surface area is 136 Å². The highest BCUT2D eigenvalue weighted by atomic mass is 19.4. The number of hydrogen-bond donors (Lipinski definition) is 0. The first-order valence-corrected chi connectivity index (χ1v) is 5.96. The van der Waals surface area contributed by atoms with Crippen molar-refractivity contribution in [1.82, 2.24) is 0 Å². The molecule has 0 aromatic rings. The van der Waals surface area contributed by atoms with Crippen LogP contribution in [0.1, 0.15) is 6.92 Å². The molecule has 17 heteroatoms. The second kappa shape index (κ2) is 5.04. The third-order valence-corrected chi connectivity index (χ3v) is 4.09. The zero-order chi connectivity index (χ0) is 22.5. The van der Waals surface area contributed by atoms with Crippen molar-refractivity contribution < 1.29 is 74.6 Å². The Balaban J connectivity index is 4.26. The molecule has 0 aromatic heterocycles. The zero-order valence-electron chi connectivity index (χ0n) is 11.9. The molecular formula is C10H3F17. The van der Waals surface area contributed by atoms with E-state index in [1.54, 1.807) is 0 Å². The van der Waals surface area contributed by atoms with Gasteiger partial charge in [-0.05, 0) is 6.92 Å². The van der Waals surface area contributed by atoms with Gasteiger partial charge < -0.3 is 0 Å². The van der Waals surface area contributed by atoms with Crippen LogP contribution in [-0.4, -0.2) is 53.0 Å². The Bertz CT molecular complexity index is 560. The predicted molar refractivity (Wildman–Crippen MR) is 49.1 cm³/mol. The molecule has 27 heavy (non-hydrogen) atoms. The third-order valence-electron chi connectivity index (χ3n) is 4.09. The molecule has 0 unspecified atom stereocenters. The number of halogens is 17. The molecule has 0 N–H and O–H groups in total. The van der Waals surface area contributed by atoms with Crippen LogP contribution in [0.3, 0.4) is 0 Å². The van der Waals surface area contributed by atoms with E-state index in [4.69, 9.17) is 0 Å². The van der Waals surface area contributed by atoms with Crippen LogP contribution in [0.4, 0.5) is 74.6 Å². The molecule has 0 radical (unpaired) electrons. The van der Waals surface area contributed by atoms with Gasteiger partial charge in [-0.1, -0.05) is 0 Å². The third kappa shape index (κ3) is 2.03. The lowest BCUT2D eigenvalue weighted by atomic mass is 9.61. The molecule has 0 atom stereocenters. The fourth-order valence-corrected chi connectivity index (χ4v) is 2.40. The Morgan fingerprint density at radius 2 is 0.667 bits per heavy atom. The number of rotatable bonds is 1. The maximum absolute atomic E-state index is 14.1. The van der Waals surface area contributed by atoms with Crippen molar-refractivity contribution in [3.8, 4) is 0 Å². The molecule has 0 nitrogen and oxygen atoms in total. The van der Waals surface area contributed by atoms with Crippen LogP contribution in [-0.2, 0) is 0 Å². The van der Waals surface area contributed by atoms with Crippen LogP contribution < -0.4 is 0 Å². The average Bonchev–Trinajstić information content (AvgIpc) is 2.40. The van der Waals surface area contributed by atoms with Crippen molar-refractivity contribution in [3.05, 3.63) is 0 Å². The van der Waals surface area contributed by atoms with Gasteiger partial charge in [-0.25, -0.2) is 13.2 Å². The van der Waals surface area contributed by atoms with Crippen molar-refractivity contribution in [2.45, 2.75) is 60.0 Å². The molecule has 1 aliphatic rings. The first-order chi connectivity index (χ1) is 11.2. The van der Waals surface area contributed by atoms with E-state index in [2.05, 4.69) is 0 Å². The summed E-state index contributed by atoms with van der Waals surface area (Å²) in [4.78, 5) is 0. The lowest BCUT2D eigenvalue weighted by Gasteiger charge is -2.57. The van der Waals surface area contributed by atoms with Gasteiger partial charge in [0, 0.05) is 0 Å². The molecule has 1 saturated carbocycles. The van der Waals surface area contributed by atoms with E-state index >= 15 is 0 Å². The summed E-state index contributed by atoms with van der Waals surface area (Å²) in [6.07, 6.45) is -16.5. The SMILES string of the molecule is CC1(F)C(F)(F)C(F)(F)C(F)(C(F)(C(F)(F)F)C(F)(F)F)C(F)(F)C1(F)F. The normalized spacial score (nSPS) is 35.8. The van der Waals surface area contributed by atoms with E-state index < -0.39 is 60.0 Å². The molecule has 1 rings (SSSR count). The lowest BCUT2D eigenvalue weighted by molar-refractivity contribution is -0.509. The van der Waals surface area contributed by atoms with E-state index in [1.807, 2.05) is 0 Å². The van der Waals surface area contributed by atoms with E-state index in [9.17, 15) is 74.6 Å². The molecule has 0 aliphatic heterocycles. The van der Waals surface area contributed by atoms with Crippen molar-refractivity contribution in [2.75, 3.05) is 0 Å². The van der Waals surface area contributed by atoms with Crippen LogP contribution in [0.15, 0.2) is 0 Å². The summed E-state index contributed by atoms with van der Waals surface area (Å²) < 4.78 is 223. The molecule has 0 bridgehead atoms. The summed E-state index contributed by atoms with van der Waals surface area (Å²) in [6, 6.07) is 0. The van der Waals surface area contributed by atoms with Gasteiger partial charge in [0.15, 0.2) is 0 Å². The summed E-state index contributed by atoms with van der Waals surface area (Å²) >= 11 is 0. The standard InChI is InChI=1S/C10H3F17/c1-2(11)5(14,15)7(18,19)3(12,8(20,21)6(2,16)17)4(13,9(22,23)24)10(25,26)27/h1H3. The quantitative estimate of drug-likeness (QED) is 0.446. The van der Waals surface area contributed by atoms with Crippen LogP contribution in [0.5, 0.6) is 0 Å². The summed E-state index contributed by atoms with van der Waals surface area (Å²) in [5.74, 6) is -31.9. The van der Waals surface area contributed by atoms with Gasteiger partial charge in [0.2, 0.25) is 5.67 Å². The van der Waals surface area contributed by atoms with E-state index in [0.29, 0.717) is 0 Å². The minimum absolute atomic E-state index is 1.45. The Hall–Kier alpha value is -1.19. The Kier molecular flexibility index (Phi) is 4.45. The molecule has 0 heterocycles. The van der Waals surface area contributed by atoms with Crippen molar-refractivity contribution in [1.29, 1.82) is 0 Å². The molecule has 1 fully saturated rings. The summed E-state index contributed by atoms with van der Waals surface area (Å²) in [6.45, 7) is -1.45. The number of alkyl halides is 17. The number of hydrogen-bond acceptors (Lipinski definition) is 0. The fraction of sp³-hybridized carbons (Fsp3) is 1.00. The summed E-state index contributed by atoms with van der Waals surface area (Å²) in [5.41, 5.74) is -24.0. The van der Waals surface area contributed by atoms with Crippen molar-refractivity contribution in [3.63, 3.8) is 0 Å². The molecule has 0 aromatic carbocycles. The van der Waals surface area contributed by atoms with E-state index in [-0.39, 0.29) is 0 Å². The second-order valence-electron chi connectivity index (χ2n) is 5.61. The summed E-state index contributed by atoms with van der Waals surface area (Å²) in [7, 11) is 0. The van der Waals surface area contributed by atoms with Gasteiger partial charge in [-0.2, -0.15) is 61.5 Å². The molecule has 0 saturated heterocycles. The first-order valence-electron chi connectivity index (χ1n) is 5.96. The highest BCUT2D eigenvalue weighted by Gasteiger charge is 3.07. The maximum atomic E-state index is 14.1. The molecule has 0 amide bonds. The second-order valence-corrected chi connectivity index (χ2v) is 5.61. The minimum atomic E-state index is -8.71. The minimum Gasteiger partial charge on any atom is -0.230 e. The Morgan fingerprint density at radius 1 is 0.444 bits per heavy atom. The Morgan fingerprint density at radius 3 is 0.852 bits per heavy atom. The van der Waals surface area contributed by atoms with Gasteiger partial charge in [0.25, 0.3) is 0 Å². The van der Waals surface area contributed by atoms with Gasteiger partial charge in [0.05, 0.1) is 0 Å². The van der Waals surface area contributed by atoms with Gasteiger partial charge in [0.1, 0.15) is 0 Å². The fourth-order valence-electron chi connectivity index (χ4n) is 2.40. The van der Waals surface area contributed by atoms with Crippen LogP contribution in [0.25, 0.3) is 0 Å². The topological polar surface area (TPSA) is 0 Å². The molecular weight excluding hydrogens is 443 g/mol. The lowest BCUT2D eigenvalue weighted by Crippen LogP contribution is -2.91. The molecule has 162 valence electrons. The van der Waals surface area contributed by atoms with Crippen molar-refractivity contribution >= 4 is 0 Å². The van der Waals surface area contributed by atoms with Crippen LogP contribution >= 0.6 is 0 Å². The smallest absolute Gasteiger partial charge is 0.230 e. The van der Waals surface area contributed by atoms with Gasteiger partial charge >= 0.3 is 47.4 Å². The highest BCUT2D eigenvalue weighted by molar-refractivity contribution is 5.35. The highest BCUT2D eigenvalue weighted by Crippen LogP contribution is 2.74. The van der Waals surface area contributed by atoms with E-state index in [0.717, 1.165) is 0 Å². The predicted octanol–water partition coefficient (Wildman–Crippen LogP) is 5.81. The van der Waals surface area contributed by atoms with Gasteiger partial charge in [-0.3, -0.25) is 0 Å². The first kappa shape index (κ1) is 23.8. The monoisotopic (exact) mass is 446 g/mol. The van der Waals surface area contributed by atoms with Crippen molar-refractivity contribution in [2.24, 2.45) is 0 Å². The van der Waals surface area contributed by atoms with Crippen LogP contribution in [0, 0.1) is 0 Å².